The third kappa shape index (κ3) is 3.96. The van der Waals surface area contributed by atoms with E-state index in [1.807, 2.05) is 47.1 Å². The summed E-state index contributed by atoms with van der Waals surface area (Å²) in [6.45, 7) is 4.20. The van der Waals surface area contributed by atoms with Crippen LogP contribution in [0.5, 0.6) is 0 Å². The molecule has 1 aliphatic heterocycles. The number of nitrogens with one attached hydrogen (secondary N) is 1. The van der Waals surface area contributed by atoms with Crippen molar-refractivity contribution in [2.24, 2.45) is 0 Å². The molecule has 158 valence electrons. The lowest BCUT2D eigenvalue weighted by atomic mass is 10.1. The number of aromatic amines is 1. The van der Waals surface area contributed by atoms with Crippen LogP contribution in [0.25, 0.3) is 17.1 Å². The molecule has 0 spiro atoms. The van der Waals surface area contributed by atoms with Gasteiger partial charge in [-0.05, 0) is 30.7 Å². The van der Waals surface area contributed by atoms with Gasteiger partial charge >= 0.3 is 0 Å². The number of H-pyrrole nitrogens is 1. The molecule has 0 atom stereocenters. The van der Waals surface area contributed by atoms with Gasteiger partial charge in [-0.1, -0.05) is 25.1 Å². The maximum atomic E-state index is 12.6. The minimum Gasteiger partial charge on any atom is -0.463 e. The number of rotatable bonds is 6. The van der Waals surface area contributed by atoms with Gasteiger partial charge in [-0.25, -0.2) is 9.67 Å². The van der Waals surface area contributed by atoms with E-state index in [1.165, 1.54) is 0 Å². The second-order valence-corrected chi connectivity index (χ2v) is 7.91. The average molecular weight is 415 g/mol. The number of benzene rings is 1. The van der Waals surface area contributed by atoms with Crippen LogP contribution < -0.4 is 5.56 Å². The maximum absolute atomic E-state index is 12.6. The SMILES string of the molecule is CCCc1nc2c(c(=O)[nH]1)CN(Cc1cn(-c3ccccc3)nc1-c1ccco1)CC2. The predicted octanol–water partition coefficient (Wildman–Crippen LogP) is 3.73. The van der Waals surface area contributed by atoms with Crippen molar-refractivity contribution >= 4 is 0 Å². The van der Waals surface area contributed by atoms with E-state index in [9.17, 15) is 4.79 Å². The molecule has 0 radical (unpaired) electrons. The molecule has 1 aliphatic rings. The lowest BCUT2D eigenvalue weighted by Crippen LogP contribution is -2.35. The summed E-state index contributed by atoms with van der Waals surface area (Å²) in [6, 6.07) is 13.8. The molecular formula is C24H25N5O2. The maximum Gasteiger partial charge on any atom is 0.255 e. The molecule has 0 fully saturated rings. The van der Waals surface area contributed by atoms with Gasteiger partial charge in [0, 0.05) is 44.2 Å². The fraction of sp³-hybridized carbons (Fsp3) is 0.292. The zero-order chi connectivity index (χ0) is 21.2. The van der Waals surface area contributed by atoms with Crippen molar-refractivity contribution in [2.75, 3.05) is 6.54 Å². The molecule has 0 amide bonds. The second kappa shape index (κ2) is 8.35. The van der Waals surface area contributed by atoms with Crippen LogP contribution in [-0.4, -0.2) is 31.2 Å². The number of nitrogens with zero attached hydrogens (tertiary/aromatic N) is 4. The molecule has 0 saturated heterocycles. The van der Waals surface area contributed by atoms with Crippen molar-refractivity contribution in [1.82, 2.24) is 24.6 Å². The van der Waals surface area contributed by atoms with Crippen LogP contribution in [0.3, 0.4) is 0 Å². The smallest absolute Gasteiger partial charge is 0.255 e. The van der Waals surface area contributed by atoms with Crippen LogP contribution in [0.4, 0.5) is 0 Å². The van der Waals surface area contributed by atoms with Gasteiger partial charge in [0.2, 0.25) is 0 Å². The monoisotopic (exact) mass is 415 g/mol. The molecule has 7 nitrogen and oxygen atoms in total. The highest BCUT2D eigenvalue weighted by atomic mass is 16.3. The lowest BCUT2D eigenvalue weighted by molar-refractivity contribution is 0.241. The summed E-state index contributed by atoms with van der Waals surface area (Å²) in [5, 5.41) is 4.80. The number of aryl methyl sites for hydroxylation is 1. The fourth-order valence-electron chi connectivity index (χ4n) is 4.12. The highest BCUT2D eigenvalue weighted by Gasteiger charge is 2.23. The van der Waals surface area contributed by atoms with Crippen molar-refractivity contribution in [2.45, 2.75) is 39.3 Å². The molecule has 0 saturated carbocycles. The van der Waals surface area contributed by atoms with Crippen molar-refractivity contribution in [1.29, 1.82) is 0 Å². The third-order valence-electron chi connectivity index (χ3n) is 5.64. The quantitative estimate of drug-likeness (QED) is 0.519. The van der Waals surface area contributed by atoms with E-state index in [1.54, 1.807) is 6.26 Å². The van der Waals surface area contributed by atoms with E-state index < -0.39 is 0 Å². The minimum atomic E-state index is -0.00983. The van der Waals surface area contributed by atoms with E-state index in [-0.39, 0.29) is 5.56 Å². The predicted molar refractivity (Wildman–Crippen MR) is 118 cm³/mol. The van der Waals surface area contributed by atoms with Crippen molar-refractivity contribution in [3.05, 3.63) is 87.9 Å². The van der Waals surface area contributed by atoms with E-state index >= 15 is 0 Å². The summed E-state index contributed by atoms with van der Waals surface area (Å²) >= 11 is 0. The van der Waals surface area contributed by atoms with Crippen LogP contribution in [0.15, 0.2) is 64.1 Å². The summed E-state index contributed by atoms with van der Waals surface area (Å²) in [5.74, 6) is 1.54. The van der Waals surface area contributed by atoms with Crippen molar-refractivity contribution in [3.8, 4) is 17.1 Å². The Labute approximate surface area is 180 Å². The van der Waals surface area contributed by atoms with E-state index in [2.05, 4.69) is 23.0 Å². The zero-order valence-electron chi connectivity index (χ0n) is 17.5. The van der Waals surface area contributed by atoms with Gasteiger partial charge in [-0.2, -0.15) is 5.10 Å². The highest BCUT2D eigenvalue weighted by molar-refractivity contribution is 5.57. The highest BCUT2D eigenvalue weighted by Crippen LogP contribution is 2.27. The molecule has 4 aromatic rings. The van der Waals surface area contributed by atoms with Gasteiger partial charge in [0.15, 0.2) is 5.76 Å². The first-order valence-corrected chi connectivity index (χ1v) is 10.7. The topological polar surface area (TPSA) is 80.0 Å². The zero-order valence-corrected chi connectivity index (χ0v) is 17.5. The van der Waals surface area contributed by atoms with Gasteiger partial charge in [0.25, 0.3) is 5.56 Å². The van der Waals surface area contributed by atoms with Gasteiger partial charge < -0.3 is 9.40 Å². The van der Waals surface area contributed by atoms with Crippen molar-refractivity contribution < 1.29 is 4.42 Å². The van der Waals surface area contributed by atoms with Crippen LogP contribution in [0.1, 0.15) is 36.0 Å². The number of para-hydroxylation sites is 1. The largest absolute Gasteiger partial charge is 0.463 e. The Kier molecular flexibility index (Phi) is 5.26. The first-order chi connectivity index (χ1) is 15.2. The molecule has 0 aliphatic carbocycles. The van der Waals surface area contributed by atoms with Gasteiger partial charge in [0.1, 0.15) is 11.5 Å². The Hall–Kier alpha value is -3.45. The third-order valence-corrected chi connectivity index (χ3v) is 5.64. The Bertz CT molecular complexity index is 1220. The summed E-state index contributed by atoms with van der Waals surface area (Å²) in [7, 11) is 0. The van der Waals surface area contributed by atoms with Crippen LogP contribution >= 0.6 is 0 Å². The lowest BCUT2D eigenvalue weighted by Gasteiger charge is -2.27. The van der Waals surface area contributed by atoms with Gasteiger partial charge in [0.05, 0.1) is 23.2 Å². The van der Waals surface area contributed by atoms with E-state index in [0.717, 1.165) is 65.6 Å². The Morgan fingerprint density at radius 3 is 2.81 bits per heavy atom. The van der Waals surface area contributed by atoms with Crippen molar-refractivity contribution in [3.63, 3.8) is 0 Å². The van der Waals surface area contributed by atoms with E-state index in [4.69, 9.17) is 14.5 Å². The van der Waals surface area contributed by atoms with Crippen LogP contribution in [-0.2, 0) is 25.9 Å². The number of hydrogen-bond acceptors (Lipinski definition) is 5. The molecule has 1 N–H and O–H groups in total. The fourth-order valence-corrected chi connectivity index (χ4v) is 4.12. The summed E-state index contributed by atoms with van der Waals surface area (Å²) in [6.07, 6.45) is 6.26. The molecule has 4 heterocycles. The van der Waals surface area contributed by atoms with Crippen LogP contribution in [0.2, 0.25) is 0 Å². The molecule has 5 rings (SSSR count). The van der Waals surface area contributed by atoms with Gasteiger partial charge in [-0.3, -0.25) is 9.69 Å². The first kappa shape index (κ1) is 19.5. The number of aromatic nitrogens is 4. The molecule has 7 heteroatoms. The number of fused-ring (bicyclic) bond motifs is 1. The standard InChI is InChI=1S/C24H25N5O2/c1-2-7-22-25-20-11-12-28(16-19(20)24(30)26-22)14-17-15-29(18-8-4-3-5-9-18)27-23(17)21-10-6-13-31-21/h3-6,8-10,13,15H,2,7,11-12,14,16H2,1H3,(H,25,26,30). The van der Waals surface area contributed by atoms with Gasteiger partial charge in [-0.15, -0.1) is 0 Å². The Balaban J connectivity index is 1.44. The summed E-state index contributed by atoms with van der Waals surface area (Å²) < 4.78 is 7.54. The molecule has 0 bridgehead atoms. The molecule has 1 aromatic carbocycles. The number of furan rings is 1. The minimum absolute atomic E-state index is 0.00983. The Morgan fingerprint density at radius 2 is 2.03 bits per heavy atom. The first-order valence-electron chi connectivity index (χ1n) is 10.7. The number of hydrogen-bond donors (Lipinski definition) is 1. The molecule has 0 unspecified atom stereocenters. The average Bonchev–Trinajstić information content (AvgIpc) is 3.45. The van der Waals surface area contributed by atoms with Crippen LogP contribution in [0, 0.1) is 0 Å². The normalized spacial score (nSPS) is 14.0. The summed E-state index contributed by atoms with van der Waals surface area (Å²) in [5.41, 5.74) is 4.59. The molecular weight excluding hydrogens is 390 g/mol. The molecule has 3 aromatic heterocycles. The summed E-state index contributed by atoms with van der Waals surface area (Å²) in [4.78, 5) is 22.6. The van der Waals surface area contributed by atoms with E-state index in [0.29, 0.717) is 13.1 Å². The second-order valence-electron chi connectivity index (χ2n) is 7.91. The Morgan fingerprint density at radius 1 is 1.16 bits per heavy atom. The molecule has 31 heavy (non-hydrogen) atoms.